The van der Waals surface area contributed by atoms with Gasteiger partial charge < -0.3 is 19.7 Å². The van der Waals surface area contributed by atoms with Gasteiger partial charge in [0.1, 0.15) is 18.1 Å². The van der Waals surface area contributed by atoms with Gasteiger partial charge in [-0.3, -0.25) is 9.59 Å². The molecule has 2 amide bonds. The number of amides is 2. The maximum atomic E-state index is 13.0. The van der Waals surface area contributed by atoms with Gasteiger partial charge in [0, 0.05) is 5.88 Å². The normalized spacial score (nSPS) is 23.7. The Bertz CT molecular complexity index is 1100. The molecule has 0 bridgehead atoms. The molecule has 2 aliphatic rings. The van der Waals surface area contributed by atoms with Gasteiger partial charge in [0.2, 0.25) is 5.91 Å². The number of benzene rings is 2. The molecule has 1 N–H and O–H groups in total. The lowest BCUT2D eigenvalue weighted by molar-refractivity contribution is -0.165. The van der Waals surface area contributed by atoms with Gasteiger partial charge in [-0.2, -0.15) is 0 Å². The first-order valence-electron chi connectivity index (χ1n) is 11.8. The second-order valence-electron chi connectivity index (χ2n) is 8.91. The van der Waals surface area contributed by atoms with Crippen LogP contribution in [-0.4, -0.2) is 52.3 Å². The number of carbonyl (C=O) groups is 3. The lowest BCUT2D eigenvalue weighted by Gasteiger charge is -2.48. The summed E-state index contributed by atoms with van der Waals surface area (Å²) in [5.74, 6) is -1.87. The van der Waals surface area contributed by atoms with E-state index in [1.54, 1.807) is 0 Å². The number of likely N-dealkylation sites (tertiary alicyclic amines) is 1. The lowest BCUT2D eigenvalue weighted by Crippen LogP contribution is -2.73. The number of hydrogen-bond acceptors (Lipinski definition) is 5. The predicted molar refractivity (Wildman–Crippen MR) is 136 cm³/mol. The minimum atomic E-state index is -1.14. The van der Waals surface area contributed by atoms with Crippen LogP contribution < -0.4 is 5.32 Å². The van der Waals surface area contributed by atoms with E-state index in [1.807, 2.05) is 60.7 Å². The van der Waals surface area contributed by atoms with Crippen molar-refractivity contribution in [3.05, 3.63) is 83.9 Å². The Labute approximate surface area is 220 Å². The number of β-lactam (4-membered cyclic amide) rings is 1. The van der Waals surface area contributed by atoms with Crippen molar-refractivity contribution < 1.29 is 23.9 Å². The monoisotopic (exact) mass is 530 g/mol. The molecular weight excluding hydrogens is 503 g/mol. The molecule has 36 heavy (non-hydrogen) atoms. The van der Waals surface area contributed by atoms with E-state index >= 15 is 0 Å². The zero-order chi connectivity index (χ0) is 25.7. The van der Waals surface area contributed by atoms with Crippen LogP contribution in [0.2, 0.25) is 0 Å². The van der Waals surface area contributed by atoms with E-state index in [0.29, 0.717) is 13.0 Å². The SMILES string of the molecule is C=C(CCl)C(C(=O)OCc1ccccc1)N1C(=O)C(NC(=O)C2CCC2OCc2ccccc2)C1Cl. The molecule has 2 fully saturated rings. The van der Waals surface area contributed by atoms with Crippen LogP contribution in [0.3, 0.4) is 0 Å². The fourth-order valence-electron chi connectivity index (χ4n) is 4.24. The fourth-order valence-corrected chi connectivity index (χ4v) is 4.77. The van der Waals surface area contributed by atoms with Crippen LogP contribution >= 0.6 is 23.2 Å². The number of nitrogens with zero attached hydrogens (tertiary/aromatic N) is 1. The third-order valence-corrected chi connectivity index (χ3v) is 7.30. The Morgan fingerprint density at radius 3 is 2.17 bits per heavy atom. The van der Waals surface area contributed by atoms with Gasteiger partial charge in [0.25, 0.3) is 5.91 Å². The Morgan fingerprint density at radius 1 is 1.03 bits per heavy atom. The minimum absolute atomic E-state index is 0.0347. The summed E-state index contributed by atoms with van der Waals surface area (Å²) in [4.78, 5) is 39.9. The highest BCUT2D eigenvalue weighted by atomic mass is 35.5. The first-order chi connectivity index (χ1) is 17.4. The van der Waals surface area contributed by atoms with Crippen molar-refractivity contribution in [2.45, 2.75) is 49.7 Å². The number of esters is 1. The summed E-state index contributed by atoms with van der Waals surface area (Å²) in [7, 11) is 0. The quantitative estimate of drug-likeness (QED) is 0.157. The molecular formula is C27H28Cl2N2O5. The maximum Gasteiger partial charge on any atom is 0.333 e. The molecule has 5 atom stereocenters. The molecule has 1 aliphatic carbocycles. The fraction of sp³-hybridized carbons (Fsp3) is 0.370. The van der Waals surface area contributed by atoms with Crippen molar-refractivity contribution in [3.63, 3.8) is 0 Å². The number of ether oxygens (including phenoxy) is 2. The number of hydrogen-bond donors (Lipinski definition) is 1. The van der Waals surface area contributed by atoms with Crippen molar-refractivity contribution in [2.24, 2.45) is 5.92 Å². The molecule has 1 heterocycles. The molecule has 1 saturated carbocycles. The number of nitrogens with one attached hydrogen (secondary N) is 1. The lowest BCUT2D eigenvalue weighted by atomic mass is 9.80. The minimum Gasteiger partial charge on any atom is -0.459 e. The molecule has 5 unspecified atom stereocenters. The van der Waals surface area contributed by atoms with E-state index < -0.39 is 29.5 Å². The largest absolute Gasteiger partial charge is 0.459 e. The number of halogens is 2. The van der Waals surface area contributed by atoms with Gasteiger partial charge in [0.05, 0.1) is 18.6 Å². The summed E-state index contributed by atoms with van der Waals surface area (Å²) < 4.78 is 11.3. The molecule has 4 rings (SSSR count). The Kier molecular flexibility index (Phi) is 8.67. The van der Waals surface area contributed by atoms with Crippen LogP contribution in [0.1, 0.15) is 24.0 Å². The van der Waals surface area contributed by atoms with E-state index in [2.05, 4.69) is 11.9 Å². The third-order valence-electron chi connectivity index (χ3n) is 6.50. The Balaban J connectivity index is 1.32. The van der Waals surface area contributed by atoms with Gasteiger partial charge in [-0.15, -0.1) is 11.6 Å². The Morgan fingerprint density at radius 2 is 1.64 bits per heavy atom. The topological polar surface area (TPSA) is 84.9 Å². The van der Waals surface area contributed by atoms with Crippen molar-refractivity contribution in [2.75, 3.05) is 5.88 Å². The summed E-state index contributed by atoms with van der Waals surface area (Å²) >= 11 is 12.4. The molecule has 0 radical (unpaired) electrons. The highest BCUT2D eigenvalue weighted by molar-refractivity contribution is 6.27. The van der Waals surface area contributed by atoms with Gasteiger partial charge in [0.15, 0.2) is 6.04 Å². The maximum absolute atomic E-state index is 13.0. The molecule has 1 aliphatic heterocycles. The summed E-state index contributed by atoms with van der Waals surface area (Å²) in [6, 6.07) is 16.8. The van der Waals surface area contributed by atoms with Gasteiger partial charge in [-0.05, 0) is 29.5 Å². The second-order valence-corrected chi connectivity index (χ2v) is 9.63. The zero-order valence-corrected chi connectivity index (χ0v) is 21.2. The predicted octanol–water partition coefficient (Wildman–Crippen LogP) is 3.78. The van der Waals surface area contributed by atoms with Crippen LogP contribution in [0.15, 0.2) is 72.8 Å². The molecule has 9 heteroatoms. The number of alkyl halides is 2. The summed E-state index contributed by atoms with van der Waals surface area (Å²) in [6.45, 7) is 4.27. The van der Waals surface area contributed by atoms with E-state index in [0.717, 1.165) is 22.4 Å². The van der Waals surface area contributed by atoms with Crippen LogP contribution in [0.4, 0.5) is 0 Å². The van der Waals surface area contributed by atoms with Gasteiger partial charge in [-0.25, -0.2) is 4.79 Å². The summed E-state index contributed by atoms with van der Waals surface area (Å²) in [6.07, 6.45) is 1.22. The molecule has 2 aromatic carbocycles. The average Bonchev–Trinajstić information content (AvgIpc) is 2.89. The third kappa shape index (κ3) is 5.75. The highest BCUT2D eigenvalue weighted by Gasteiger charge is 2.54. The van der Waals surface area contributed by atoms with Crippen molar-refractivity contribution in [3.8, 4) is 0 Å². The first kappa shape index (κ1) is 26.2. The molecule has 0 aromatic heterocycles. The van der Waals surface area contributed by atoms with Crippen molar-refractivity contribution >= 4 is 41.0 Å². The van der Waals surface area contributed by atoms with Gasteiger partial charge >= 0.3 is 5.97 Å². The zero-order valence-electron chi connectivity index (χ0n) is 19.6. The summed E-state index contributed by atoms with van der Waals surface area (Å²) in [5, 5.41) is 2.73. The van der Waals surface area contributed by atoms with Gasteiger partial charge in [-0.1, -0.05) is 78.8 Å². The first-order valence-corrected chi connectivity index (χ1v) is 12.7. The van der Waals surface area contributed by atoms with E-state index in [4.69, 9.17) is 32.7 Å². The molecule has 2 aromatic rings. The summed E-state index contributed by atoms with van der Waals surface area (Å²) in [5.41, 5.74) is 1.17. The molecule has 7 nitrogen and oxygen atoms in total. The molecule has 190 valence electrons. The highest BCUT2D eigenvalue weighted by Crippen LogP contribution is 2.34. The van der Waals surface area contributed by atoms with E-state index in [9.17, 15) is 14.4 Å². The van der Waals surface area contributed by atoms with Crippen LogP contribution in [-0.2, 0) is 37.1 Å². The number of rotatable bonds is 11. The number of carbonyl (C=O) groups excluding carboxylic acids is 3. The smallest absolute Gasteiger partial charge is 0.333 e. The van der Waals surface area contributed by atoms with E-state index in [-0.39, 0.29) is 36.0 Å². The van der Waals surface area contributed by atoms with Crippen molar-refractivity contribution in [1.82, 2.24) is 10.2 Å². The van der Waals surface area contributed by atoms with Crippen LogP contribution in [0, 0.1) is 5.92 Å². The second kappa shape index (κ2) is 11.9. The van der Waals surface area contributed by atoms with E-state index in [1.165, 1.54) is 0 Å². The van der Waals surface area contributed by atoms with Crippen molar-refractivity contribution in [1.29, 1.82) is 0 Å². The Hall–Kier alpha value is -2.87. The molecule has 0 spiro atoms. The standard InChI is InChI=1S/C27H28Cl2N2O5/c1-17(14-28)23(27(34)36-16-19-10-6-3-7-11-19)31-24(29)22(26(31)33)30-25(32)20-12-13-21(20)35-15-18-8-4-2-5-9-18/h2-11,20-24H,1,12-16H2,(H,30,32). The average molecular weight is 531 g/mol. The van der Waals surface area contributed by atoms with Crippen LogP contribution in [0.5, 0.6) is 0 Å². The van der Waals surface area contributed by atoms with Crippen LogP contribution in [0.25, 0.3) is 0 Å². The molecule has 1 saturated heterocycles.